The fourth-order valence-corrected chi connectivity index (χ4v) is 4.31. The Morgan fingerprint density at radius 2 is 1.62 bits per heavy atom. The van der Waals surface area contributed by atoms with Crippen LogP contribution in [0.2, 0.25) is 0 Å². The monoisotopic (exact) mass is 494 g/mol. The molecule has 2 fully saturated rings. The summed E-state index contributed by atoms with van der Waals surface area (Å²) >= 11 is 0. The van der Waals surface area contributed by atoms with Crippen molar-refractivity contribution in [2.24, 2.45) is 11.8 Å². The van der Waals surface area contributed by atoms with Crippen molar-refractivity contribution in [3.8, 4) is 0 Å². The first-order chi connectivity index (χ1) is 15.8. The Balaban J connectivity index is 1.71. The Kier molecular flexibility index (Phi) is 7.47. The second-order valence-corrected chi connectivity index (χ2v) is 8.46. The first-order valence-electron chi connectivity index (χ1n) is 10.8. The summed E-state index contributed by atoms with van der Waals surface area (Å²) in [5.41, 5.74) is -3.26. The number of hydrogen-bond acceptors (Lipinski definition) is 4. The number of carbonyl (C=O) groups is 3. The average molecular weight is 494 g/mol. The molecule has 2 heterocycles. The number of hydrogen-bond donors (Lipinski definition) is 0. The number of halogens is 6. The van der Waals surface area contributed by atoms with Crippen LogP contribution < -0.4 is 0 Å². The molecule has 1 aromatic rings. The highest BCUT2D eigenvalue weighted by atomic mass is 19.4. The van der Waals surface area contributed by atoms with Crippen molar-refractivity contribution < 1.29 is 45.5 Å². The van der Waals surface area contributed by atoms with Gasteiger partial charge in [-0.05, 0) is 43.5 Å². The lowest BCUT2D eigenvalue weighted by molar-refractivity contribution is -0.152. The molecule has 2 atom stereocenters. The number of ether oxygens (including phenoxy) is 1. The molecule has 1 aromatic carbocycles. The molecule has 34 heavy (non-hydrogen) atoms. The molecule has 0 bridgehead atoms. The van der Waals surface area contributed by atoms with Crippen LogP contribution in [0.15, 0.2) is 18.2 Å². The lowest BCUT2D eigenvalue weighted by Crippen LogP contribution is -2.45. The van der Waals surface area contributed by atoms with E-state index in [0.29, 0.717) is 31.5 Å². The lowest BCUT2D eigenvalue weighted by atomic mass is 9.96. The van der Waals surface area contributed by atoms with Gasteiger partial charge in [0, 0.05) is 32.6 Å². The van der Waals surface area contributed by atoms with Crippen LogP contribution in [0.5, 0.6) is 0 Å². The molecule has 2 amide bonds. The van der Waals surface area contributed by atoms with Crippen LogP contribution in [0.25, 0.3) is 0 Å². The number of piperidine rings is 1. The van der Waals surface area contributed by atoms with Gasteiger partial charge in [0.1, 0.15) is 0 Å². The lowest BCUT2D eigenvalue weighted by Gasteiger charge is -2.33. The third-order valence-electron chi connectivity index (χ3n) is 5.94. The standard InChI is InChI=1S/C22H24F6N2O4/c1-2-34-20(33)14-4-3-5-29(11-14)19(32)15-8-18(31)30(12-15)10-13-6-16(21(23,24)25)9-17(7-13)22(26,27)28/h6-7,9,14-15H,2-5,8,10-12H2,1H3/t14-,15-/m0/s1. The van der Waals surface area contributed by atoms with Crippen molar-refractivity contribution >= 4 is 17.8 Å². The van der Waals surface area contributed by atoms with Gasteiger partial charge in [-0.25, -0.2) is 0 Å². The summed E-state index contributed by atoms with van der Waals surface area (Å²) in [6.45, 7) is 1.80. The number of esters is 1. The summed E-state index contributed by atoms with van der Waals surface area (Å²) in [6, 6.07) is 1.18. The Morgan fingerprint density at radius 1 is 1.00 bits per heavy atom. The van der Waals surface area contributed by atoms with E-state index in [-0.39, 0.29) is 43.7 Å². The number of likely N-dealkylation sites (tertiary alicyclic amines) is 2. The second-order valence-electron chi connectivity index (χ2n) is 8.46. The Hall–Kier alpha value is -2.79. The Morgan fingerprint density at radius 3 is 2.18 bits per heavy atom. The van der Waals surface area contributed by atoms with Crippen LogP contribution >= 0.6 is 0 Å². The summed E-state index contributed by atoms with van der Waals surface area (Å²) < 4.78 is 83.6. The number of rotatable bonds is 5. The molecule has 12 heteroatoms. The predicted octanol–water partition coefficient (Wildman–Crippen LogP) is 3.87. The van der Waals surface area contributed by atoms with Gasteiger partial charge >= 0.3 is 18.3 Å². The summed E-state index contributed by atoms with van der Waals surface area (Å²) in [4.78, 5) is 39.9. The topological polar surface area (TPSA) is 66.9 Å². The molecule has 3 rings (SSSR count). The van der Waals surface area contributed by atoms with E-state index in [1.807, 2.05) is 0 Å². The van der Waals surface area contributed by atoms with Crippen LogP contribution in [0.1, 0.15) is 42.9 Å². The van der Waals surface area contributed by atoms with Crippen molar-refractivity contribution in [3.63, 3.8) is 0 Å². The maximum atomic E-state index is 13.1. The zero-order valence-corrected chi connectivity index (χ0v) is 18.3. The first-order valence-corrected chi connectivity index (χ1v) is 10.8. The molecule has 0 spiro atoms. The fraction of sp³-hybridized carbons (Fsp3) is 0.591. The van der Waals surface area contributed by atoms with E-state index in [9.17, 15) is 40.7 Å². The van der Waals surface area contributed by atoms with Crippen LogP contribution in [-0.4, -0.2) is 53.8 Å². The zero-order chi connectivity index (χ0) is 25.3. The smallest absolute Gasteiger partial charge is 0.416 e. The fourth-order valence-electron chi connectivity index (χ4n) is 4.31. The molecule has 2 saturated heterocycles. The van der Waals surface area contributed by atoms with Crippen LogP contribution in [0.3, 0.4) is 0 Å². The molecule has 0 aromatic heterocycles. The number of nitrogens with zero attached hydrogens (tertiary/aromatic N) is 2. The molecule has 0 N–H and O–H groups in total. The summed E-state index contributed by atoms with van der Waals surface area (Å²) in [6.07, 6.45) is -9.05. The molecule has 0 aliphatic carbocycles. The number of benzene rings is 1. The molecule has 188 valence electrons. The van der Waals surface area contributed by atoms with Gasteiger partial charge in [-0.2, -0.15) is 26.3 Å². The van der Waals surface area contributed by atoms with Gasteiger partial charge in [-0.1, -0.05) is 0 Å². The van der Waals surface area contributed by atoms with Gasteiger partial charge in [-0.15, -0.1) is 0 Å². The van der Waals surface area contributed by atoms with Crippen LogP contribution in [0.4, 0.5) is 26.3 Å². The van der Waals surface area contributed by atoms with E-state index in [1.54, 1.807) is 6.92 Å². The Labute approximate surface area is 191 Å². The zero-order valence-electron chi connectivity index (χ0n) is 18.3. The SMILES string of the molecule is CCOC(=O)[C@H]1CCCN(C(=O)[C@H]2CC(=O)N(Cc3cc(C(F)(F)F)cc(C(F)(F)F)c3)C2)C1. The van der Waals surface area contributed by atoms with E-state index in [0.717, 1.165) is 4.90 Å². The first kappa shape index (κ1) is 25.8. The number of amides is 2. The minimum absolute atomic E-state index is 0.0257. The van der Waals surface area contributed by atoms with Gasteiger partial charge < -0.3 is 14.5 Å². The maximum Gasteiger partial charge on any atom is 0.416 e. The van der Waals surface area contributed by atoms with Gasteiger partial charge in [0.2, 0.25) is 11.8 Å². The van der Waals surface area contributed by atoms with E-state index < -0.39 is 53.7 Å². The highest BCUT2D eigenvalue weighted by molar-refractivity contribution is 5.89. The molecule has 2 aliphatic rings. The van der Waals surface area contributed by atoms with Crippen molar-refractivity contribution in [3.05, 3.63) is 34.9 Å². The summed E-state index contributed by atoms with van der Waals surface area (Å²) in [7, 11) is 0. The summed E-state index contributed by atoms with van der Waals surface area (Å²) in [5, 5.41) is 0. The molecular weight excluding hydrogens is 470 g/mol. The highest BCUT2D eigenvalue weighted by Crippen LogP contribution is 2.37. The molecule has 2 aliphatic heterocycles. The van der Waals surface area contributed by atoms with E-state index >= 15 is 0 Å². The van der Waals surface area contributed by atoms with E-state index in [4.69, 9.17) is 4.74 Å². The second kappa shape index (κ2) is 9.83. The predicted molar refractivity (Wildman–Crippen MR) is 106 cm³/mol. The van der Waals surface area contributed by atoms with Crippen LogP contribution in [-0.2, 0) is 38.0 Å². The van der Waals surface area contributed by atoms with Gasteiger partial charge in [0.15, 0.2) is 0 Å². The maximum absolute atomic E-state index is 13.1. The van der Waals surface area contributed by atoms with Gasteiger partial charge in [0.25, 0.3) is 0 Å². The van der Waals surface area contributed by atoms with Gasteiger partial charge in [0.05, 0.1) is 29.6 Å². The minimum Gasteiger partial charge on any atom is -0.466 e. The average Bonchev–Trinajstić information content (AvgIpc) is 3.12. The Bertz CT molecular complexity index is 914. The highest BCUT2D eigenvalue weighted by Gasteiger charge is 2.40. The van der Waals surface area contributed by atoms with E-state index in [2.05, 4.69) is 0 Å². The van der Waals surface area contributed by atoms with Crippen molar-refractivity contribution in [2.75, 3.05) is 26.2 Å². The molecule has 0 radical (unpaired) electrons. The molecule has 0 unspecified atom stereocenters. The quantitative estimate of drug-likeness (QED) is 0.461. The normalized spacial score (nSPS) is 21.7. The van der Waals surface area contributed by atoms with Crippen molar-refractivity contribution in [1.29, 1.82) is 0 Å². The number of alkyl halides is 6. The van der Waals surface area contributed by atoms with Gasteiger partial charge in [-0.3, -0.25) is 14.4 Å². The molecule has 0 saturated carbocycles. The summed E-state index contributed by atoms with van der Waals surface area (Å²) in [5.74, 6) is -2.58. The van der Waals surface area contributed by atoms with Crippen LogP contribution in [0, 0.1) is 11.8 Å². The van der Waals surface area contributed by atoms with Crippen molar-refractivity contribution in [1.82, 2.24) is 9.80 Å². The number of carbonyl (C=O) groups excluding carboxylic acids is 3. The molecule has 6 nitrogen and oxygen atoms in total. The van der Waals surface area contributed by atoms with Crippen molar-refractivity contribution in [2.45, 2.75) is 45.1 Å². The third-order valence-corrected chi connectivity index (χ3v) is 5.94. The minimum atomic E-state index is -4.99. The largest absolute Gasteiger partial charge is 0.466 e. The third kappa shape index (κ3) is 6.01. The molecular formula is C22H24F6N2O4. The van der Waals surface area contributed by atoms with E-state index in [1.165, 1.54) is 4.90 Å².